The number of carbonyl (C=O) groups is 1. The second kappa shape index (κ2) is 8.80. The van der Waals surface area contributed by atoms with Gasteiger partial charge in [0.2, 0.25) is 0 Å². The van der Waals surface area contributed by atoms with E-state index in [4.69, 9.17) is 5.73 Å². The quantitative estimate of drug-likeness (QED) is 0.522. The molecule has 0 fully saturated rings. The van der Waals surface area contributed by atoms with Gasteiger partial charge in [-0.2, -0.15) is 5.26 Å². The van der Waals surface area contributed by atoms with Crippen molar-refractivity contribution >= 4 is 34.6 Å². The van der Waals surface area contributed by atoms with Crippen LogP contribution in [-0.2, 0) is 11.2 Å². The van der Waals surface area contributed by atoms with Gasteiger partial charge in [-0.25, -0.2) is 0 Å². The molecule has 6 heteroatoms. The average Bonchev–Trinajstić information content (AvgIpc) is 3.20. The van der Waals surface area contributed by atoms with E-state index < -0.39 is 5.92 Å². The molecule has 2 aliphatic rings. The summed E-state index contributed by atoms with van der Waals surface area (Å²) >= 11 is 3.42. The maximum Gasteiger partial charge on any atom is 0.162 e. The molecule has 4 nitrogen and oxygen atoms in total. The van der Waals surface area contributed by atoms with Crippen molar-refractivity contribution < 1.29 is 4.79 Å². The van der Waals surface area contributed by atoms with Gasteiger partial charge in [0.25, 0.3) is 0 Å². The minimum atomic E-state index is -0.398. The van der Waals surface area contributed by atoms with Gasteiger partial charge in [-0.3, -0.25) is 9.69 Å². The first-order chi connectivity index (χ1) is 15.3. The molecule has 0 radical (unpaired) electrons. The molecule has 0 saturated carbocycles. The van der Waals surface area contributed by atoms with E-state index in [0.29, 0.717) is 17.8 Å². The van der Waals surface area contributed by atoms with Crippen LogP contribution < -0.4 is 10.6 Å². The number of nitrogens with zero attached hydrogens (tertiary/aromatic N) is 2. The maximum absolute atomic E-state index is 13.6. The molecule has 0 spiro atoms. The molecule has 4 rings (SSSR count). The summed E-state index contributed by atoms with van der Waals surface area (Å²) in [5.41, 5.74) is 11.9. The number of hydrogen-bond acceptors (Lipinski definition) is 6. The van der Waals surface area contributed by atoms with Crippen LogP contribution >= 0.6 is 23.1 Å². The van der Waals surface area contributed by atoms with Crippen LogP contribution in [0.2, 0.25) is 0 Å². The van der Waals surface area contributed by atoms with Crippen LogP contribution in [0.3, 0.4) is 0 Å². The summed E-state index contributed by atoms with van der Waals surface area (Å²) in [6, 6.07) is 12.7. The normalized spacial score (nSPS) is 20.4. The molecule has 2 heterocycles. The van der Waals surface area contributed by atoms with E-state index in [2.05, 4.69) is 52.0 Å². The number of anilines is 1. The van der Waals surface area contributed by atoms with Crippen LogP contribution in [0.1, 0.15) is 57.6 Å². The first-order valence-corrected chi connectivity index (χ1v) is 12.9. The van der Waals surface area contributed by atoms with E-state index in [1.807, 2.05) is 22.4 Å². The average molecular weight is 464 g/mol. The molecule has 1 aromatic carbocycles. The van der Waals surface area contributed by atoms with Crippen molar-refractivity contribution in [1.29, 1.82) is 5.26 Å². The lowest BCUT2D eigenvalue weighted by atomic mass is 9.69. The van der Waals surface area contributed by atoms with Crippen molar-refractivity contribution in [1.82, 2.24) is 0 Å². The highest BCUT2D eigenvalue weighted by Gasteiger charge is 2.45. The van der Waals surface area contributed by atoms with Gasteiger partial charge in [0, 0.05) is 23.4 Å². The Hall–Kier alpha value is -2.49. The predicted molar refractivity (Wildman–Crippen MR) is 134 cm³/mol. The number of allylic oxidation sites excluding steroid dienone is 3. The molecule has 1 aliphatic heterocycles. The fraction of sp³-hybridized carbons (Fsp3) is 0.385. The second-order valence-electron chi connectivity index (χ2n) is 9.10. The number of benzene rings is 1. The molecule has 0 bridgehead atoms. The molecule has 0 amide bonds. The third-order valence-electron chi connectivity index (χ3n) is 6.23. The van der Waals surface area contributed by atoms with Crippen molar-refractivity contribution in [2.45, 2.75) is 57.1 Å². The van der Waals surface area contributed by atoms with Crippen LogP contribution in [0.25, 0.3) is 0 Å². The van der Waals surface area contributed by atoms with Crippen LogP contribution in [-0.4, -0.2) is 11.5 Å². The standard InChI is InChI=1S/C26H29N3OS2/c1-5-16-7-9-17(10-8-16)29-20-13-26(3,4)14-21(30)23(20)22(19(15-27)24(29)28)18-11-12-32-25(18)31-6-2/h7-12,22H,5-6,13-14,28H2,1-4H3/t22-/m1/s1. The molecule has 2 N–H and O–H groups in total. The largest absolute Gasteiger partial charge is 0.384 e. The Balaban J connectivity index is 1.96. The van der Waals surface area contributed by atoms with Crippen molar-refractivity contribution in [2.24, 2.45) is 11.1 Å². The minimum absolute atomic E-state index is 0.121. The summed E-state index contributed by atoms with van der Waals surface area (Å²) in [5.74, 6) is 1.09. The third kappa shape index (κ3) is 3.89. The predicted octanol–water partition coefficient (Wildman–Crippen LogP) is 6.36. The van der Waals surface area contributed by atoms with E-state index in [-0.39, 0.29) is 11.2 Å². The third-order valence-corrected chi connectivity index (χ3v) is 8.38. The molecule has 0 unspecified atom stereocenters. The zero-order valence-corrected chi connectivity index (χ0v) is 20.7. The van der Waals surface area contributed by atoms with Crippen molar-refractivity contribution in [3.8, 4) is 6.07 Å². The number of ketones is 1. The van der Waals surface area contributed by atoms with E-state index in [9.17, 15) is 10.1 Å². The molecular weight excluding hydrogens is 434 g/mol. The van der Waals surface area contributed by atoms with Crippen LogP contribution in [0.15, 0.2) is 62.6 Å². The lowest BCUT2D eigenvalue weighted by molar-refractivity contribution is -0.118. The van der Waals surface area contributed by atoms with E-state index in [1.54, 1.807) is 23.1 Å². The van der Waals surface area contributed by atoms with Crippen LogP contribution in [0.4, 0.5) is 5.69 Å². The zero-order chi connectivity index (χ0) is 23.0. The van der Waals surface area contributed by atoms with Crippen molar-refractivity contribution in [3.05, 3.63) is 69.5 Å². The van der Waals surface area contributed by atoms with Gasteiger partial charge in [-0.05, 0) is 58.7 Å². The fourth-order valence-electron chi connectivity index (χ4n) is 4.76. The molecule has 32 heavy (non-hydrogen) atoms. The van der Waals surface area contributed by atoms with Gasteiger partial charge in [-0.1, -0.05) is 39.8 Å². The Kier molecular flexibility index (Phi) is 6.24. The highest BCUT2D eigenvalue weighted by molar-refractivity contribution is 8.01. The van der Waals surface area contributed by atoms with Gasteiger partial charge in [0.1, 0.15) is 5.82 Å². The van der Waals surface area contributed by atoms with E-state index in [1.165, 1.54) is 5.56 Å². The first-order valence-electron chi connectivity index (χ1n) is 11.1. The summed E-state index contributed by atoms with van der Waals surface area (Å²) in [6.07, 6.45) is 2.16. The Morgan fingerprint density at radius 2 is 1.94 bits per heavy atom. The molecule has 1 aliphatic carbocycles. The molecule has 1 atom stereocenters. The number of carbonyl (C=O) groups excluding carboxylic acids is 1. The Bertz CT molecular complexity index is 1150. The number of Topliss-reactive ketones (excluding diaryl/α,β-unsaturated/α-hetero) is 1. The maximum atomic E-state index is 13.6. The lowest BCUT2D eigenvalue weighted by Crippen LogP contribution is -2.42. The second-order valence-corrected chi connectivity index (χ2v) is 11.5. The Labute approximate surface area is 198 Å². The fourth-order valence-corrected chi connectivity index (χ4v) is 6.83. The van der Waals surface area contributed by atoms with Gasteiger partial charge in [-0.15, -0.1) is 23.1 Å². The molecule has 166 valence electrons. The summed E-state index contributed by atoms with van der Waals surface area (Å²) < 4.78 is 1.16. The number of hydrogen-bond donors (Lipinski definition) is 1. The number of aryl methyl sites for hydroxylation is 1. The topological polar surface area (TPSA) is 70.1 Å². The molecule has 1 aromatic heterocycles. The first kappa shape index (κ1) is 22.7. The number of thiophene rings is 1. The number of nitriles is 1. The summed E-state index contributed by atoms with van der Waals surface area (Å²) in [4.78, 5) is 15.6. The van der Waals surface area contributed by atoms with Gasteiger partial charge in [0.05, 0.1) is 21.8 Å². The monoisotopic (exact) mass is 463 g/mol. The van der Waals surface area contributed by atoms with Crippen molar-refractivity contribution in [2.75, 3.05) is 10.7 Å². The summed E-state index contributed by atoms with van der Waals surface area (Å²) in [6.45, 7) is 8.50. The van der Waals surface area contributed by atoms with Gasteiger partial charge < -0.3 is 5.73 Å². The highest BCUT2D eigenvalue weighted by Crippen LogP contribution is 2.52. The number of thioether (sulfide) groups is 1. The zero-order valence-electron chi connectivity index (χ0n) is 19.1. The Morgan fingerprint density at radius 1 is 1.22 bits per heavy atom. The number of rotatable bonds is 5. The summed E-state index contributed by atoms with van der Waals surface area (Å²) in [7, 11) is 0. The smallest absolute Gasteiger partial charge is 0.162 e. The van der Waals surface area contributed by atoms with E-state index >= 15 is 0 Å². The van der Waals surface area contributed by atoms with E-state index in [0.717, 1.165) is 45.3 Å². The lowest BCUT2D eigenvalue weighted by Gasteiger charge is -2.43. The number of nitrogens with two attached hydrogens (primary N) is 1. The Morgan fingerprint density at radius 3 is 2.56 bits per heavy atom. The molecular formula is C26H29N3OS2. The highest BCUT2D eigenvalue weighted by atomic mass is 32.2. The molecule has 0 saturated heterocycles. The minimum Gasteiger partial charge on any atom is -0.384 e. The summed E-state index contributed by atoms with van der Waals surface area (Å²) in [5, 5.41) is 12.3. The molecule has 2 aromatic rings. The van der Waals surface area contributed by atoms with Crippen molar-refractivity contribution in [3.63, 3.8) is 0 Å². The SMILES string of the molecule is CCSc1sccc1[C@@H]1C(C#N)=C(N)N(c2ccc(CC)cc2)C2=C1C(=O)CC(C)(C)C2. The van der Waals surface area contributed by atoms with Gasteiger partial charge >= 0.3 is 0 Å². The van der Waals surface area contributed by atoms with Crippen LogP contribution in [0, 0.1) is 16.7 Å². The van der Waals surface area contributed by atoms with Gasteiger partial charge in [0.15, 0.2) is 5.78 Å². The van der Waals surface area contributed by atoms with Crippen LogP contribution in [0.5, 0.6) is 0 Å².